The fraction of sp³-hybridized carbons (Fsp3) is 0.348. The Kier molecular flexibility index (Phi) is 5.60. The molecule has 9 heteroatoms. The molecule has 0 radical (unpaired) electrons. The Morgan fingerprint density at radius 3 is 2.28 bits per heavy atom. The maximum absolute atomic E-state index is 13.3. The van der Waals surface area contributed by atoms with Gasteiger partial charge in [0, 0.05) is 10.8 Å². The lowest BCUT2D eigenvalue weighted by Crippen LogP contribution is -2.59. The van der Waals surface area contributed by atoms with Crippen molar-refractivity contribution < 1.29 is 28.6 Å². The van der Waals surface area contributed by atoms with Crippen molar-refractivity contribution in [2.24, 2.45) is 5.92 Å². The second-order valence-electron chi connectivity index (χ2n) is 8.29. The zero-order valence-electron chi connectivity index (χ0n) is 17.7. The number of hydrogen-bond acceptors (Lipinski definition) is 5. The number of amides is 2. The average Bonchev–Trinajstić information content (AvgIpc) is 3.25. The summed E-state index contributed by atoms with van der Waals surface area (Å²) >= 11 is 0. The van der Waals surface area contributed by atoms with Gasteiger partial charge in [0.15, 0.2) is 11.8 Å². The Hall–Kier alpha value is -3.46. The first-order valence-corrected chi connectivity index (χ1v) is 10.3. The standard InChI is InChI=1S/C23H24FN3O5/c1-13(2)20(21(29)25-18-11-19(28)26-23(18,31)12-24)32-22(30)27-16-9-5-3-7-14(16)15-8-4-6-10-17(15)27/h3-10,13,18,20,31H,11-12H2,1-2H3,(H,25,29)(H,26,28)/t18?,20-,23?/m0/s1. The van der Waals surface area contributed by atoms with E-state index in [9.17, 15) is 23.9 Å². The van der Waals surface area contributed by atoms with E-state index in [2.05, 4.69) is 10.6 Å². The van der Waals surface area contributed by atoms with Gasteiger partial charge in [-0.05, 0) is 18.1 Å². The zero-order valence-corrected chi connectivity index (χ0v) is 17.7. The number of rotatable bonds is 5. The predicted molar refractivity (Wildman–Crippen MR) is 116 cm³/mol. The molecular formula is C23H24FN3O5. The van der Waals surface area contributed by atoms with Gasteiger partial charge in [-0.15, -0.1) is 0 Å². The van der Waals surface area contributed by atoms with Crippen LogP contribution in [0.4, 0.5) is 9.18 Å². The maximum atomic E-state index is 13.3. The summed E-state index contributed by atoms with van der Waals surface area (Å²) in [7, 11) is 0. The number of carbonyl (C=O) groups excluding carboxylic acids is 3. The number of halogens is 1. The van der Waals surface area contributed by atoms with Gasteiger partial charge in [0.25, 0.3) is 5.91 Å². The largest absolute Gasteiger partial charge is 0.435 e. The molecule has 2 heterocycles. The summed E-state index contributed by atoms with van der Waals surface area (Å²) in [5.74, 6) is -1.73. The number of nitrogens with one attached hydrogen (secondary N) is 2. The minimum absolute atomic E-state index is 0.280. The predicted octanol–water partition coefficient (Wildman–Crippen LogP) is 2.47. The molecule has 32 heavy (non-hydrogen) atoms. The van der Waals surface area contributed by atoms with Crippen molar-refractivity contribution in [3.8, 4) is 0 Å². The maximum Gasteiger partial charge on any atom is 0.419 e. The molecule has 2 aromatic carbocycles. The van der Waals surface area contributed by atoms with Crippen LogP contribution in [0.1, 0.15) is 20.3 Å². The monoisotopic (exact) mass is 441 g/mol. The van der Waals surface area contributed by atoms with Crippen LogP contribution in [-0.2, 0) is 14.3 Å². The molecule has 1 saturated heterocycles. The summed E-state index contributed by atoms with van der Waals surface area (Å²) in [5.41, 5.74) is -0.913. The van der Waals surface area contributed by atoms with Crippen molar-refractivity contribution in [3.63, 3.8) is 0 Å². The molecule has 0 spiro atoms. The number of hydrogen-bond donors (Lipinski definition) is 3. The molecule has 8 nitrogen and oxygen atoms in total. The second-order valence-corrected chi connectivity index (χ2v) is 8.29. The summed E-state index contributed by atoms with van der Waals surface area (Å²) in [6.07, 6.45) is -2.24. The van der Waals surface area contributed by atoms with Crippen molar-refractivity contribution in [2.45, 2.75) is 38.1 Å². The first-order chi connectivity index (χ1) is 15.2. The highest BCUT2D eigenvalue weighted by Gasteiger charge is 2.47. The number of aliphatic hydroxyl groups is 1. The SMILES string of the molecule is CC(C)[C@H](OC(=O)n1c2ccccc2c2ccccc21)C(=O)NC1CC(=O)NC1(O)CF. The molecule has 3 N–H and O–H groups in total. The minimum Gasteiger partial charge on any atom is -0.435 e. The molecule has 168 valence electrons. The third kappa shape index (κ3) is 3.69. The highest BCUT2D eigenvalue weighted by Crippen LogP contribution is 2.29. The van der Waals surface area contributed by atoms with Crippen molar-refractivity contribution in [3.05, 3.63) is 48.5 Å². The van der Waals surface area contributed by atoms with Gasteiger partial charge >= 0.3 is 6.09 Å². The zero-order chi connectivity index (χ0) is 23.0. The second kappa shape index (κ2) is 8.23. The molecule has 1 aliphatic rings. The van der Waals surface area contributed by atoms with Gasteiger partial charge in [0.05, 0.1) is 23.5 Å². The number of ether oxygens (including phenoxy) is 1. The van der Waals surface area contributed by atoms with E-state index in [0.717, 1.165) is 10.8 Å². The highest BCUT2D eigenvalue weighted by molar-refractivity contribution is 6.12. The fourth-order valence-electron chi connectivity index (χ4n) is 4.06. The summed E-state index contributed by atoms with van der Waals surface area (Å²) in [4.78, 5) is 37.7. The molecule has 1 aromatic heterocycles. The van der Waals surface area contributed by atoms with Gasteiger partial charge < -0.3 is 20.5 Å². The Labute approximate surface area is 183 Å². The van der Waals surface area contributed by atoms with E-state index < -0.39 is 48.4 Å². The van der Waals surface area contributed by atoms with E-state index in [1.54, 1.807) is 38.1 Å². The van der Waals surface area contributed by atoms with Crippen LogP contribution in [0.5, 0.6) is 0 Å². The summed E-state index contributed by atoms with van der Waals surface area (Å²) in [6, 6.07) is 13.6. The highest BCUT2D eigenvalue weighted by atomic mass is 19.1. The average molecular weight is 441 g/mol. The van der Waals surface area contributed by atoms with E-state index >= 15 is 0 Å². The Morgan fingerprint density at radius 2 is 1.75 bits per heavy atom. The Balaban J connectivity index is 1.62. The lowest BCUT2D eigenvalue weighted by Gasteiger charge is -2.29. The number of benzene rings is 2. The van der Waals surface area contributed by atoms with Gasteiger partial charge in [-0.25, -0.2) is 13.8 Å². The van der Waals surface area contributed by atoms with E-state index in [1.807, 2.05) is 24.3 Å². The number of para-hydroxylation sites is 2. The summed E-state index contributed by atoms with van der Waals surface area (Å²) in [6.45, 7) is 2.13. The van der Waals surface area contributed by atoms with Crippen molar-refractivity contribution in [1.82, 2.24) is 15.2 Å². The van der Waals surface area contributed by atoms with Crippen LogP contribution in [0.3, 0.4) is 0 Å². The molecule has 3 atom stereocenters. The van der Waals surface area contributed by atoms with Crippen LogP contribution >= 0.6 is 0 Å². The third-order valence-corrected chi connectivity index (χ3v) is 5.70. The molecular weight excluding hydrogens is 417 g/mol. The molecule has 4 rings (SSSR count). The quantitative estimate of drug-likeness (QED) is 0.564. The fourth-order valence-corrected chi connectivity index (χ4v) is 4.06. The van der Waals surface area contributed by atoms with Crippen LogP contribution < -0.4 is 10.6 Å². The van der Waals surface area contributed by atoms with Gasteiger partial charge in [-0.2, -0.15) is 0 Å². The van der Waals surface area contributed by atoms with Gasteiger partial charge in [-0.3, -0.25) is 9.59 Å². The van der Waals surface area contributed by atoms with Crippen molar-refractivity contribution in [1.29, 1.82) is 0 Å². The smallest absolute Gasteiger partial charge is 0.419 e. The molecule has 1 fully saturated rings. The molecule has 0 saturated carbocycles. The Morgan fingerprint density at radius 1 is 1.19 bits per heavy atom. The van der Waals surface area contributed by atoms with Crippen LogP contribution in [-0.4, -0.2) is 52.1 Å². The van der Waals surface area contributed by atoms with Crippen LogP contribution in [0.25, 0.3) is 21.8 Å². The van der Waals surface area contributed by atoms with E-state index in [4.69, 9.17) is 4.74 Å². The first kappa shape index (κ1) is 21.8. The summed E-state index contributed by atoms with van der Waals surface area (Å²) in [5, 5.41) is 16.6. The molecule has 0 bridgehead atoms. The third-order valence-electron chi connectivity index (χ3n) is 5.70. The van der Waals surface area contributed by atoms with Crippen molar-refractivity contribution >= 4 is 39.7 Å². The number of aromatic nitrogens is 1. The number of nitrogens with zero attached hydrogens (tertiary/aromatic N) is 1. The van der Waals surface area contributed by atoms with E-state index in [-0.39, 0.29) is 6.42 Å². The first-order valence-electron chi connectivity index (χ1n) is 10.3. The molecule has 2 unspecified atom stereocenters. The molecule has 2 amide bonds. The molecule has 3 aromatic rings. The van der Waals surface area contributed by atoms with Crippen LogP contribution in [0.2, 0.25) is 0 Å². The number of alkyl halides is 1. The lowest BCUT2D eigenvalue weighted by molar-refractivity contribution is -0.135. The number of carbonyl (C=O) groups is 3. The van der Waals surface area contributed by atoms with Crippen LogP contribution in [0, 0.1) is 5.92 Å². The number of fused-ring (bicyclic) bond motifs is 3. The summed E-state index contributed by atoms with van der Waals surface area (Å²) < 4.78 is 20.3. The van der Waals surface area contributed by atoms with Crippen molar-refractivity contribution in [2.75, 3.05) is 6.67 Å². The lowest BCUT2D eigenvalue weighted by atomic mass is 10.0. The minimum atomic E-state index is -2.19. The van der Waals surface area contributed by atoms with Gasteiger partial charge in [0.1, 0.15) is 6.67 Å². The normalized spacial score (nSPS) is 21.7. The topological polar surface area (TPSA) is 110 Å². The molecule has 0 aliphatic carbocycles. The Bertz CT molecular complexity index is 1150. The van der Waals surface area contributed by atoms with Gasteiger partial charge in [-0.1, -0.05) is 50.2 Å². The van der Waals surface area contributed by atoms with Gasteiger partial charge in [0.2, 0.25) is 5.91 Å². The van der Waals surface area contributed by atoms with E-state index in [1.165, 1.54) is 4.57 Å². The van der Waals surface area contributed by atoms with E-state index in [0.29, 0.717) is 11.0 Å². The van der Waals surface area contributed by atoms with Crippen LogP contribution in [0.15, 0.2) is 48.5 Å². The molecule has 1 aliphatic heterocycles.